The number of ether oxygens (including phenoxy) is 1. The molecule has 0 aliphatic rings. The first-order chi connectivity index (χ1) is 13.4. The molecule has 9 heteroatoms. The van der Waals surface area contributed by atoms with Crippen LogP contribution in [0.15, 0.2) is 47.3 Å². The molecule has 2 aromatic carbocycles. The van der Waals surface area contributed by atoms with Crippen LogP contribution in [0.4, 0.5) is 10.1 Å². The number of aromatic amines is 2. The number of carbonyl (C=O) groups excluding carboxylic acids is 2. The molecule has 0 aliphatic heterocycles. The lowest BCUT2D eigenvalue weighted by molar-refractivity contribution is -0.123. The van der Waals surface area contributed by atoms with E-state index in [9.17, 15) is 18.8 Å². The van der Waals surface area contributed by atoms with E-state index < -0.39 is 23.8 Å². The second-order valence-electron chi connectivity index (χ2n) is 6.17. The molecule has 1 amide bonds. The van der Waals surface area contributed by atoms with Gasteiger partial charge in [0, 0.05) is 10.4 Å². The number of anilines is 1. The number of fused-ring (bicyclic) bond motifs is 2. The van der Waals surface area contributed by atoms with Crippen LogP contribution in [-0.2, 0) is 9.53 Å². The van der Waals surface area contributed by atoms with Gasteiger partial charge in [0.2, 0.25) is 0 Å². The normalized spacial score (nSPS) is 12.2. The number of carbonyl (C=O) groups is 2. The van der Waals surface area contributed by atoms with Gasteiger partial charge in [0.1, 0.15) is 10.7 Å². The van der Waals surface area contributed by atoms with Crippen molar-refractivity contribution in [2.75, 3.05) is 5.32 Å². The standard InChI is InChI=1S/C19H14FN3O4S/c1-9(17(24)21-12-3-4-13-14(8-12)23-19(26)22-13)27-18(25)16-7-10-6-11(20)2-5-15(10)28-16/h2-9H,1H3,(H,21,24)(H2,22,23,26)/t9-/m0/s1. The maximum absolute atomic E-state index is 13.3. The summed E-state index contributed by atoms with van der Waals surface area (Å²) >= 11 is 1.17. The molecule has 2 heterocycles. The van der Waals surface area contributed by atoms with Crippen LogP contribution in [-0.4, -0.2) is 27.9 Å². The highest BCUT2D eigenvalue weighted by molar-refractivity contribution is 7.20. The Kier molecular flexibility index (Phi) is 4.44. The van der Waals surface area contributed by atoms with Gasteiger partial charge in [-0.05, 0) is 54.8 Å². The topological polar surface area (TPSA) is 104 Å². The summed E-state index contributed by atoms with van der Waals surface area (Å²) in [6, 6.07) is 10.6. The van der Waals surface area contributed by atoms with Crippen LogP contribution in [0.25, 0.3) is 21.1 Å². The van der Waals surface area contributed by atoms with E-state index in [2.05, 4.69) is 15.3 Å². The Balaban J connectivity index is 1.45. The van der Waals surface area contributed by atoms with Crippen molar-refractivity contribution in [3.05, 3.63) is 63.6 Å². The Morgan fingerprint density at radius 2 is 1.89 bits per heavy atom. The third-order valence-electron chi connectivity index (χ3n) is 4.12. The van der Waals surface area contributed by atoms with Crippen molar-refractivity contribution in [1.29, 1.82) is 0 Å². The van der Waals surface area contributed by atoms with Crippen LogP contribution in [0.2, 0.25) is 0 Å². The molecule has 2 aromatic heterocycles. The quantitative estimate of drug-likeness (QED) is 0.458. The van der Waals surface area contributed by atoms with E-state index in [0.717, 1.165) is 4.70 Å². The number of hydrogen-bond donors (Lipinski definition) is 3. The first-order valence-electron chi connectivity index (χ1n) is 8.32. The Labute approximate surface area is 161 Å². The van der Waals surface area contributed by atoms with Gasteiger partial charge in [0.05, 0.1) is 11.0 Å². The molecule has 7 nitrogen and oxygen atoms in total. The fourth-order valence-corrected chi connectivity index (χ4v) is 3.67. The smallest absolute Gasteiger partial charge is 0.349 e. The highest BCUT2D eigenvalue weighted by atomic mass is 32.1. The molecule has 0 spiro atoms. The zero-order valence-corrected chi connectivity index (χ0v) is 15.4. The third-order valence-corrected chi connectivity index (χ3v) is 5.21. The number of esters is 1. The summed E-state index contributed by atoms with van der Waals surface area (Å²) in [5.74, 6) is -1.56. The number of benzene rings is 2. The summed E-state index contributed by atoms with van der Waals surface area (Å²) in [5, 5.41) is 3.24. The number of thiophene rings is 1. The summed E-state index contributed by atoms with van der Waals surface area (Å²) in [6.07, 6.45) is -1.05. The van der Waals surface area contributed by atoms with Crippen molar-refractivity contribution in [3.8, 4) is 0 Å². The maximum atomic E-state index is 13.3. The number of nitrogens with one attached hydrogen (secondary N) is 3. The number of amides is 1. The summed E-state index contributed by atoms with van der Waals surface area (Å²) in [4.78, 5) is 41.4. The number of rotatable bonds is 4. The monoisotopic (exact) mass is 399 g/mol. The van der Waals surface area contributed by atoms with Crippen LogP contribution >= 0.6 is 11.3 Å². The van der Waals surface area contributed by atoms with Crippen molar-refractivity contribution in [1.82, 2.24) is 9.97 Å². The van der Waals surface area contributed by atoms with Gasteiger partial charge < -0.3 is 20.0 Å². The molecule has 4 aromatic rings. The number of halogens is 1. The molecular weight excluding hydrogens is 385 g/mol. The second kappa shape index (κ2) is 6.93. The van der Waals surface area contributed by atoms with E-state index >= 15 is 0 Å². The summed E-state index contributed by atoms with van der Waals surface area (Å²) in [7, 11) is 0. The van der Waals surface area contributed by atoms with Gasteiger partial charge in [-0.3, -0.25) is 4.79 Å². The number of H-pyrrole nitrogens is 2. The van der Waals surface area contributed by atoms with Gasteiger partial charge in [-0.25, -0.2) is 14.0 Å². The maximum Gasteiger partial charge on any atom is 0.349 e. The van der Waals surface area contributed by atoms with Gasteiger partial charge in [-0.2, -0.15) is 0 Å². The average Bonchev–Trinajstić information content (AvgIpc) is 3.23. The van der Waals surface area contributed by atoms with Crippen LogP contribution in [0.3, 0.4) is 0 Å². The lowest BCUT2D eigenvalue weighted by Crippen LogP contribution is -2.29. The van der Waals surface area contributed by atoms with Crippen LogP contribution in [0, 0.1) is 5.82 Å². The molecule has 28 heavy (non-hydrogen) atoms. The lowest BCUT2D eigenvalue weighted by Gasteiger charge is -2.13. The molecule has 0 aliphatic carbocycles. The summed E-state index contributed by atoms with van der Waals surface area (Å²) in [5.41, 5.74) is 1.27. The summed E-state index contributed by atoms with van der Waals surface area (Å²) in [6.45, 7) is 1.46. The SMILES string of the molecule is C[C@H](OC(=O)c1cc2cc(F)ccc2s1)C(=O)Nc1ccc2[nH]c(=O)[nH]c2c1. The zero-order valence-electron chi connectivity index (χ0n) is 14.5. The molecule has 3 N–H and O–H groups in total. The van der Waals surface area contributed by atoms with Crippen molar-refractivity contribution in [3.63, 3.8) is 0 Å². The van der Waals surface area contributed by atoms with Gasteiger partial charge in [0.15, 0.2) is 6.10 Å². The van der Waals surface area contributed by atoms with E-state index in [-0.39, 0.29) is 10.6 Å². The highest BCUT2D eigenvalue weighted by Gasteiger charge is 2.21. The van der Waals surface area contributed by atoms with Crippen LogP contribution < -0.4 is 11.0 Å². The highest BCUT2D eigenvalue weighted by Crippen LogP contribution is 2.27. The van der Waals surface area contributed by atoms with Crippen molar-refractivity contribution >= 4 is 50.0 Å². The van der Waals surface area contributed by atoms with E-state index in [4.69, 9.17) is 4.74 Å². The second-order valence-corrected chi connectivity index (χ2v) is 7.25. The summed E-state index contributed by atoms with van der Waals surface area (Å²) < 4.78 is 19.3. The first kappa shape index (κ1) is 17.9. The van der Waals surface area contributed by atoms with Crippen molar-refractivity contribution in [2.45, 2.75) is 13.0 Å². The molecule has 0 fully saturated rings. The van der Waals surface area contributed by atoms with Crippen LogP contribution in [0.5, 0.6) is 0 Å². The Bertz CT molecular complexity index is 1270. The fourth-order valence-electron chi connectivity index (χ4n) is 2.74. The molecule has 0 radical (unpaired) electrons. The third kappa shape index (κ3) is 3.52. The molecular formula is C19H14FN3O4S. The molecule has 1 atom stereocenters. The van der Waals surface area contributed by atoms with Gasteiger partial charge in [-0.1, -0.05) is 0 Å². The van der Waals surface area contributed by atoms with Crippen molar-refractivity contribution < 1.29 is 18.7 Å². The molecule has 4 rings (SSSR count). The van der Waals surface area contributed by atoms with E-state index in [1.807, 2.05) is 0 Å². The zero-order chi connectivity index (χ0) is 19.8. The van der Waals surface area contributed by atoms with E-state index in [1.165, 1.54) is 36.5 Å². The minimum Gasteiger partial charge on any atom is -0.448 e. The van der Waals surface area contributed by atoms with Crippen molar-refractivity contribution in [2.24, 2.45) is 0 Å². The van der Waals surface area contributed by atoms with Gasteiger partial charge >= 0.3 is 11.7 Å². The van der Waals surface area contributed by atoms with Gasteiger partial charge in [0.25, 0.3) is 5.91 Å². The number of hydrogen-bond acceptors (Lipinski definition) is 5. The molecule has 0 saturated heterocycles. The Hall–Kier alpha value is -3.46. The Morgan fingerprint density at radius 1 is 1.11 bits per heavy atom. The lowest BCUT2D eigenvalue weighted by atomic mass is 10.2. The van der Waals surface area contributed by atoms with E-state index in [0.29, 0.717) is 22.1 Å². The largest absolute Gasteiger partial charge is 0.448 e. The predicted molar refractivity (Wildman–Crippen MR) is 104 cm³/mol. The predicted octanol–water partition coefficient (Wildman–Crippen LogP) is 3.39. The molecule has 0 bridgehead atoms. The Morgan fingerprint density at radius 3 is 2.71 bits per heavy atom. The average molecular weight is 399 g/mol. The molecule has 0 unspecified atom stereocenters. The minimum absolute atomic E-state index is 0.284. The minimum atomic E-state index is -1.05. The van der Waals surface area contributed by atoms with Gasteiger partial charge in [-0.15, -0.1) is 11.3 Å². The number of imidazole rings is 1. The fraction of sp³-hybridized carbons (Fsp3) is 0.105. The first-order valence-corrected chi connectivity index (χ1v) is 9.14. The number of aromatic nitrogens is 2. The van der Waals surface area contributed by atoms with E-state index in [1.54, 1.807) is 24.3 Å². The molecule has 142 valence electrons. The molecule has 0 saturated carbocycles. The van der Waals surface area contributed by atoms with Crippen LogP contribution in [0.1, 0.15) is 16.6 Å².